The van der Waals surface area contributed by atoms with Gasteiger partial charge in [0.2, 0.25) is 0 Å². The van der Waals surface area contributed by atoms with Crippen molar-refractivity contribution in [3.63, 3.8) is 0 Å². The van der Waals surface area contributed by atoms with Gasteiger partial charge in [0.1, 0.15) is 0 Å². The molecule has 0 spiro atoms. The average Bonchev–Trinajstić information content (AvgIpc) is 2.19. The summed E-state index contributed by atoms with van der Waals surface area (Å²) in [5.41, 5.74) is 1.70. The van der Waals surface area contributed by atoms with E-state index in [0.717, 1.165) is 11.3 Å². The predicted octanol–water partition coefficient (Wildman–Crippen LogP) is 3.68. The molecule has 0 fully saturated rings. The van der Waals surface area contributed by atoms with Crippen LogP contribution in [0.5, 0.6) is 0 Å². The fourth-order valence-corrected chi connectivity index (χ4v) is 1.20. The molecule has 1 aromatic rings. The normalized spacial score (nSPS) is 10.4. The molecule has 0 atom stereocenters. The molecule has 0 saturated heterocycles. The molecule has 0 amide bonds. The van der Waals surface area contributed by atoms with Gasteiger partial charge in [-0.05, 0) is 37.9 Å². The second kappa shape index (κ2) is 5.45. The van der Waals surface area contributed by atoms with E-state index in [4.69, 9.17) is 16.3 Å². The molecule has 0 bridgehead atoms. The van der Waals surface area contributed by atoms with Crippen molar-refractivity contribution in [2.45, 2.75) is 6.92 Å². The smallest absolute Gasteiger partial charge is 0.0845 e. The van der Waals surface area contributed by atoms with Crippen molar-refractivity contribution in [3.05, 3.63) is 35.0 Å². The number of halogens is 1. The van der Waals surface area contributed by atoms with Crippen molar-refractivity contribution in [1.29, 1.82) is 0 Å². The van der Waals surface area contributed by atoms with Crippen LogP contribution in [-0.2, 0) is 4.74 Å². The lowest BCUT2D eigenvalue weighted by Gasteiger charge is -2.00. The Hall–Kier alpha value is -1.28. The quantitative estimate of drug-likeness (QED) is 0.548. The first-order chi connectivity index (χ1) is 6.77. The van der Waals surface area contributed by atoms with Gasteiger partial charge in [-0.1, -0.05) is 11.6 Å². The maximum atomic E-state index is 5.85. The van der Waals surface area contributed by atoms with Crippen molar-refractivity contribution in [1.82, 2.24) is 0 Å². The minimum atomic E-state index is 0.647. The van der Waals surface area contributed by atoms with Crippen molar-refractivity contribution >= 4 is 30.1 Å². The van der Waals surface area contributed by atoms with Crippen molar-refractivity contribution in [2.24, 2.45) is 4.99 Å². The summed E-state index contributed by atoms with van der Waals surface area (Å²) in [6.45, 7) is 6.05. The fraction of sp³-hybridized carbons (Fsp3) is 0.182. The lowest BCUT2D eigenvalue weighted by atomic mass is 10.2. The minimum Gasteiger partial charge on any atom is -0.501 e. The van der Waals surface area contributed by atoms with Gasteiger partial charge in [-0.15, -0.1) is 0 Å². The minimum absolute atomic E-state index is 0.647. The van der Waals surface area contributed by atoms with Crippen LogP contribution in [0.15, 0.2) is 29.5 Å². The van der Waals surface area contributed by atoms with E-state index in [1.165, 1.54) is 0 Å². The van der Waals surface area contributed by atoms with E-state index in [1.54, 1.807) is 12.3 Å². The van der Waals surface area contributed by atoms with Crippen molar-refractivity contribution < 1.29 is 4.74 Å². The highest BCUT2D eigenvalue weighted by molar-refractivity contribution is 6.30. The summed E-state index contributed by atoms with van der Waals surface area (Å²) in [6.07, 6.45) is 3.44. The number of rotatable bonds is 4. The van der Waals surface area contributed by atoms with E-state index in [1.807, 2.05) is 25.1 Å². The van der Waals surface area contributed by atoms with Gasteiger partial charge in [0.25, 0.3) is 0 Å². The topological polar surface area (TPSA) is 21.6 Å². The second-order valence-corrected chi connectivity index (χ2v) is 3.06. The highest BCUT2D eigenvalue weighted by Gasteiger charge is 1.97. The molecule has 0 N–H and O–H groups in total. The molecule has 0 saturated carbocycles. The number of ether oxygens (including phenoxy) is 1. The van der Waals surface area contributed by atoms with Gasteiger partial charge in [-0.2, -0.15) is 0 Å². The lowest BCUT2D eigenvalue weighted by molar-refractivity contribution is 0.272. The van der Waals surface area contributed by atoms with Gasteiger partial charge in [-0.3, -0.25) is 4.99 Å². The Bertz CT molecular complexity index is 347. The maximum Gasteiger partial charge on any atom is 0.0845 e. The summed E-state index contributed by atoms with van der Waals surface area (Å²) in [7, 11) is 0. The number of benzene rings is 1. The zero-order valence-electron chi connectivity index (χ0n) is 8.03. The molecule has 0 aliphatic heterocycles. The summed E-state index contributed by atoms with van der Waals surface area (Å²) >= 11 is 5.85. The number of hydrogen-bond donors (Lipinski definition) is 0. The first-order valence-corrected chi connectivity index (χ1v) is 4.70. The number of aliphatic imine (C=N–C) groups is 1. The Labute approximate surface area is 88.9 Å². The molecule has 1 rings (SSSR count). The number of nitrogens with zero attached hydrogens (tertiary/aromatic N) is 1. The van der Waals surface area contributed by atoms with E-state index in [-0.39, 0.29) is 0 Å². The molecule has 0 heterocycles. The molecule has 0 aromatic heterocycles. The van der Waals surface area contributed by atoms with Crippen LogP contribution in [0.1, 0.15) is 12.5 Å². The Morgan fingerprint density at radius 3 is 3.00 bits per heavy atom. The summed E-state index contributed by atoms with van der Waals surface area (Å²) in [4.78, 5) is 3.87. The van der Waals surface area contributed by atoms with E-state index in [0.29, 0.717) is 11.6 Å². The van der Waals surface area contributed by atoms with Crippen molar-refractivity contribution in [2.75, 3.05) is 6.61 Å². The number of hydrogen-bond acceptors (Lipinski definition) is 2. The van der Waals surface area contributed by atoms with Gasteiger partial charge in [0.15, 0.2) is 0 Å². The van der Waals surface area contributed by atoms with Gasteiger partial charge < -0.3 is 4.74 Å². The largest absolute Gasteiger partial charge is 0.501 e. The van der Waals surface area contributed by atoms with Crippen LogP contribution in [0.4, 0.5) is 5.69 Å². The molecule has 14 heavy (non-hydrogen) atoms. The van der Waals surface area contributed by atoms with Crippen LogP contribution in [0.2, 0.25) is 5.02 Å². The highest BCUT2D eigenvalue weighted by Crippen LogP contribution is 2.23. The van der Waals surface area contributed by atoms with Crippen LogP contribution in [0.25, 0.3) is 6.08 Å². The van der Waals surface area contributed by atoms with Crippen LogP contribution in [0.3, 0.4) is 0 Å². The van der Waals surface area contributed by atoms with Crippen molar-refractivity contribution in [3.8, 4) is 0 Å². The Balaban J connectivity index is 2.92. The Morgan fingerprint density at radius 1 is 1.57 bits per heavy atom. The first kappa shape index (κ1) is 10.8. The van der Waals surface area contributed by atoms with E-state index in [2.05, 4.69) is 11.7 Å². The van der Waals surface area contributed by atoms with E-state index >= 15 is 0 Å². The molecule has 3 heteroatoms. The van der Waals surface area contributed by atoms with Crippen LogP contribution >= 0.6 is 11.6 Å². The summed E-state index contributed by atoms with van der Waals surface area (Å²) in [6, 6.07) is 5.42. The molecule has 0 radical (unpaired) electrons. The average molecular weight is 210 g/mol. The van der Waals surface area contributed by atoms with Crippen LogP contribution in [-0.4, -0.2) is 13.3 Å². The third-order valence-electron chi connectivity index (χ3n) is 1.67. The predicted molar refractivity (Wildman–Crippen MR) is 61.3 cm³/mol. The van der Waals surface area contributed by atoms with Gasteiger partial charge in [0.05, 0.1) is 18.6 Å². The third-order valence-corrected chi connectivity index (χ3v) is 1.91. The SMILES string of the molecule is C=Nc1ccc(Cl)cc1/C=C/OCC. The molecule has 0 unspecified atom stereocenters. The van der Waals surface area contributed by atoms with Gasteiger partial charge >= 0.3 is 0 Å². The van der Waals surface area contributed by atoms with E-state index in [9.17, 15) is 0 Å². The molecule has 1 aromatic carbocycles. The molecule has 0 aliphatic carbocycles. The standard InChI is InChI=1S/C11H12ClNO/c1-3-14-7-6-9-8-10(12)4-5-11(9)13-2/h4-8H,2-3H2,1H3/b7-6+. The summed E-state index contributed by atoms with van der Waals surface area (Å²) < 4.78 is 5.09. The summed E-state index contributed by atoms with van der Waals surface area (Å²) in [5.74, 6) is 0. The van der Waals surface area contributed by atoms with Gasteiger partial charge in [-0.25, -0.2) is 0 Å². The van der Waals surface area contributed by atoms with E-state index < -0.39 is 0 Å². The molecule has 2 nitrogen and oxygen atoms in total. The Morgan fingerprint density at radius 2 is 2.36 bits per heavy atom. The summed E-state index contributed by atoms with van der Waals surface area (Å²) in [5, 5.41) is 0.675. The fourth-order valence-electron chi connectivity index (χ4n) is 1.02. The first-order valence-electron chi connectivity index (χ1n) is 4.32. The van der Waals surface area contributed by atoms with Crippen LogP contribution in [0, 0.1) is 0 Å². The molecule has 0 aliphatic rings. The highest BCUT2D eigenvalue weighted by atomic mass is 35.5. The van der Waals surface area contributed by atoms with Gasteiger partial charge in [0, 0.05) is 10.6 Å². The monoisotopic (exact) mass is 209 g/mol. The zero-order chi connectivity index (χ0) is 10.4. The molecular weight excluding hydrogens is 198 g/mol. The lowest BCUT2D eigenvalue weighted by Crippen LogP contribution is -1.78. The Kier molecular flexibility index (Phi) is 4.20. The molecule has 74 valence electrons. The zero-order valence-corrected chi connectivity index (χ0v) is 8.79. The van der Waals surface area contributed by atoms with Crippen LogP contribution < -0.4 is 0 Å². The second-order valence-electron chi connectivity index (χ2n) is 2.62. The molecular formula is C11H12ClNO. The maximum absolute atomic E-state index is 5.85. The third kappa shape index (κ3) is 2.89.